The highest BCUT2D eigenvalue weighted by atomic mass is 14.4. The average molecular weight is 160 g/mol. The van der Waals surface area contributed by atoms with E-state index in [1.54, 1.807) is 11.1 Å². The first kappa shape index (κ1) is 7.85. The molecule has 0 N–H and O–H groups in total. The lowest BCUT2D eigenvalue weighted by Crippen LogP contribution is -2.34. The fraction of sp³-hybridized carbons (Fsp3) is 0.500. The van der Waals surface area contributed by atoms with Gasteiger partial charge >= 0.3 is 0 Å². The van der Waals surface area contributed by atoms with Crippen molar-refractivity contribution in [2.24, 2.45) is 0 Å². The number of fused-ring (bicyclic) bond motifs is 1. The van der Waals surface area contributed by atoms with Gasteiger partial charge in [0.25, 0.3) is 0 Å². The zero-order valence-electron chi connectivity index (χ0n) is 8.36. The van der Waals surface area contributed by atoms with Gasteiger partial charge in [-0.3, -0.25) is 0 Å². The summed E-state index contributed by atoms with van der Waals surface area (Å²) in [5, 5.41) is 0. The fourth-order valence-electron chi connectivity index (χ4n) is 2.46. The molecule has 0 amide bonds. The monoisotopic (exact) mass is 160 g/mol. The Bertz CT molecular complexity index is 332. The minimum absolute atomic E-state index is 0.436. The highest BCUT2D eigenvalue weighted by molar-refractivity contribution is 5.52. The van der Waals surface area contributed by atoms with Gasteiger partial charge in [0.2, 0.25) is 0 Å². The molecule has 0 saturated carbocycles. The van der Waals surface area contributed by atoms with E-state index in [4.69, 9.17) is 0 Å². The van der Waals surface area contributed by atoms with Crippen LogP contribution >= 0.6 is 0 Å². The van der Waals surface area contributed by atoms with Crippen molar-refractivity contribution in [3.8, 4) is 0 Å². The zero-order valence-corrected chi connectivity index (χ0v) is 8.36. The van der Waals surface area contributed by atoms with Crippen molar-refractivity contribution < 1.29 is 0 Å². The highest BCUT2D eigenvalue weighted by Crippen LogP contribution is 2.43. The van der Waals surface area contributed by atoms with Crippen LogP contribution < -0.4 is 0 Å². The van der Waals surface area contributed by atoms with Crippen LogP contribution in [0, 0.1) is 13.8 Å². The molecule has 2 rings (SSSR count). The van der Waals surface area contributed by atoms with Crippen LogP contribution in [0.2, 0.25) is 0 Å². The molecule has 0 unspecified atom stereocenters. The normalized spacial score (nSPS) is 18.3. The van der Waals surface area contributed by atoms with E-state index in [2.05, 4.69) is 39.8 Å². The molecule has 1 aliphatic rings. The van der Waals surface area contributed by atoms with Gasteiger partial charge in [-0.15, -0.1) is 0 Å². The maximum atomic E-state index is 2.34. The minimum Gasteiger partial charge on any atom is -0.0588 e. The van der Waals surface area contributed by atoms with Crippen LogP contribution in [-0.4, -0.2) is 0 Å². The van der Waals surface area contributed by atoms with Crippen molar-refractivity contribution in [1.82, 2.24) is 0 Å². The molecule has 0 radical (unpaired) electrons. The Balaban J connectivity index is 2.65. The van der Waals surface area contributed by atoms with E-state index in [1.165, 1.54) is 17.5 Å². The van der Waals surface area contributed by atoms with Crippen molar-refractivity contribution in [3.63, 3.8) is 0 Å². The van der Waals surface area contributed by atoms with Gasteiger partial charge in [-0.25, -0.2) is 0 Å². The number of rotatable bonds is 0. The smallest absolute Gasteiger partial charge is 0.00576 e. The third kappa shape index (κ3) is 0.841. The van der Waals surface area contributed by atoms with Crippen molar-refractivity contribution in [2.75, 3.05) is 0 Å². The Morgan fingerprint density at radius 1 is 1.08 bits per heavy atom. The molecule has 0 heteroatoms. The molecule has 0 fully saturated rings. The summed E-state index contributed by atoms with van der Waals surface area (Å²) in [6, 6.07) is 4.48. The number of hydrogen-bond donors (Lipinski definition) is 0. The summed E-state index contributed by atoms with van der Waals surface area (Å²) in [5.41, 5.74) is 6.56. The van der Waals surface area contributed by atoms with E-state index in [1.807, 2.05) is 0 Å². The number of aryl methyl sites for hydroxylation is 2. The van der Waals surface area contributed by atoms with Crippen LogP contribution in [0.5, 0.6) is 0 Å². The van der Waals surface area contributed by atoms with Crippen LogP contribution in [0.3, 0.4) is 0 Å². The molecule has 1 aromatic rings. The van der Waals surface area contributed by atoms with Gasteiger partial charge in [0.15, 0.2) is 0 Å². The van der Waals surface area contributed by atoms with Crippen LogP contribution in [0.1, 0.15) is 36.1 Å². The van der Waals surface area contributed by atoms with E-state index in [0.717, 1.165) is 0 Å². The summed E-state index contributed by atoms with van der Waals surface area (Å²) in [6.45, 7) is 9.11. The molecule has 0 atom stereocenters. The van der Waals surface area contributed by atoms with E-state index in [0.29, 0.717) is 5.41 Å². The third-order valence-electron chi connectivity index (χ3n) is 3.05. The molecule has 1 aromatic carbocycles. The largest absolute Gasteiger partial charge is 0.0588 e. The molecule has 0 spiro atoms. The Morgan fingerprint density at radius 3 is 2.17 bits per heavy atom. The molecule has 0 aromatic heterocycles. The molecule has 0 bridgehead atoms. The molecule has 0 heterocycles. The second-order valence-electron chi connectivity index (χ2n) is 4.61. The third-order valence-corrected chi connectivity index (χ3v) is 3.05. The second-order valence-corrected chi connectivity index (χ2v) is 4.61. The predicted molar refractivity (Wildman–Crippen MR) is 52.6 cm³/mol. The topological polar surface area (TPSA) is 0 Å². The Labute approximate surface area is 74.6 Å². The Kier molecular flexibility index (Phi) is 1.39. The van der Waals surface area contributed by atoms with Gasteiger partial charge in [0, 0.05) is 0 Å². The van der Waals surface area contributed by atoms with Crippen LogP contribution in [-0.2, 0) is 11.8 Å². The molecule has 0 aliphatic heterocycles. The predicted octanol–water partition coefficient (Wildman–Crippen LogP) is 3.14. The summed E-state index contributed by atoms with van der Waals surface area (Å²) < 4.78 is 0. The van der Waals surface area contributed by atoms with Crippen molar-refractivity contribution in [2.45, 2.75) is 39.5 Å². The first-order chi connectivity index (χ1) is 5.52. The van der Waals surface area contributed by atoms with Crippen molar-refractivity contribution in [1.29, 1.82) is 0 Å². The summed E-state index contributed by atoms with van der Waals surface area (Å²) in [7, 11) is 0. The lowest BCUT2D eigenvalue weighted by atomic mass is 9.64. The molecule has 12 heavy (non-hydrogen) atoms. The first-order valence-corrected chi connectivity index (χ1v) is 4.62. The lowest BCUT2D eigenvalue weighted by Gasteiger charge is -2.40. The average Bonchev–Trinajstić information content (AvgIpc) is 1.94. The van der Waals surface area contributed by atoms with Gasteiger partial charge in [0.1, 0.15) is 0 Å². The maximum absolute atomic E-state index is 2.34. The standard InChI is InChI=1S/C12H16/c1-8-5-6-9(2)11-10(8)7-12(11,3)4/h5-6H,7H2,1-4H3. The summed E-state index contributed by atoms with van der Waals surface area (Å²) in [4.78, 5) is 0. The van der Waals surface area contributed by atoms with Gasteiger partial charge < -0.3 is 0 Å². The van der Waals surface area contributed by atoms with Crippen LogP contribution in [0.4, 0.5) is 0 Å². The van der Waals surface area contributed by atoms with E-state index < -0.39 is 0 Å². The van der Waals surface area contributed by atoms with Crippen molar-refractivity contribution in [3.05, 3.63) is 34.4 Å². The molecular formula is C12H16. The van der Waals surface area contributed by atoms with Gasteiger partial charge in [0.05, 0.1) is 0 Å². The van der Waals surface area contributed by atoms with Crippen molar-refractivity contribution >= 4 is 0 Å². The van der Waals surface area contributed by atoms with Gasteiger partial charge in [-0.2, -0.15) is 0 Å². The summed E-state index contributed by atoms with van der Waals surface area (Å²) >= 11 is 0. The van der Waals surface area contributed by atoms with E-state index in [-0.39, 0.29) is 0 Å². The molecule has 0 nitrogen and oxygen atoms in total. The van der Waals surface area contributed by atoms with Gasteiger partial charge in [-0.05, 0) is 47.9 Å². The quantitative estimate of drug-likeness (QED) is 0.547. The highest BCUT2D eigenvalue weighted by Gasteiger charge is 2.35. The SMILES string of the molecule is Cc1ccc(C)c2c1CC2(C)C. The second kappa shape index (κ2) is 2.12. The maximum Gasteiger partial charge on any atom is -0.00576 e. The lowest BCUT2D eigenvalue weighted by molar-refractivity contribution is 0.449. The minimum atomic E-state index is 0.436. The molecular weight excluding hydrogens is 144 g/mol. The summed E-state index contributed by atoms with van der Waals surface area (Å²) in [5.74, 6) is 0. The molecule has 64 valence electrons. The Hall–Kier alpha value is -0.780. The molecule has 0 saturated heterocycles. The van der Waals surface area contributed by atoms with Gasteiger partial charge in [-0.1, -0.05) is 26.0 Å². The Morgan fingerprint density at radius 2 is 1.67 bits per heavy atom. The number of benzene rings is 1. The van der Waals surface area contributed by atoms with Crippen LogP contribution in [0.15, 0.2) is 12.1 Å². The van der Waals surface area contributed by atoms with Crippen LogP contribution in [0.25, 0.3) is 0 Å². The molecule has 1 aliphatic carbocycles. The zero-order chi connectivity index (χ0) is 8.93. The summed E-state index contributed by atoms with van der Waals surface area (Å²) in [6.07, 6.45) is 1.26. The van der Waals surface area contributed by atoms with E-state index >= 15 is 0 Å². The fourth-order valence-corrected chi connectivity index (χ4v) is 2.46. The number of hydrogen-bond acceptors (Lipinski definition) is 0. The first-order valence-electron chi connectivity index (χ1n) is 4.62. The van der Waals surface area contributed by atoms with E-state index in [9.17, 15) is 0 Å².